The molecule has 0 amide bonds. The van der Waals surface area contributed by atoms with E-state index in [0.717, 1.165) is 11.8 Å². The zero-order chi connectivity index (χ0) is 11.0. The highest BCUT2D eigenvalue weighted by atomic mass is 19.1. The molecule has 0 saturated heterocycles. The van der Waals surface area contributed by atoms with Crippen molar-refractivity contribution in [3.05, 3.63) is 0 Å². The molecule has 2 saturated carbocycles. The number of aliphatic hydroxyl groups is 1. The van der Waals surface area contributed by atoms with Crippen molar-refractivity contribution in [2.45, 2.75) is 72.1 Å². The van der Waals surface area contributed by atoms with E-state index in [0.29, 0.717) is 12.8 Å². The smallest absolute Gasteiger partial charge is 0.113 e. The molecule has 2 heteroatoms. The molecule has 1 N–H and O–H groups in total. The van der Waals surface area contributed by atoms with Crippen LogP contribution in [0.5, 0.6) is 0 Å². The Hall–Kier alpha value is -0.110. The summed E-state index contributed by atoms with van der Waals surface area (Å²) in [6.07, 6.45) is 3.58. The summed E-state index contributed by atoms with van der Waals surface area (Å²) in [7, 11) is 0. The molecule has 2 rings (SSSR count). The van der Waals surface area contributed by atoms with Crippen LogP contribution in [0.3, 0.4) is 0 Å². The van der Waals surface area contributed by atoms with Crippen LogP contribution in [0.1, 0.15) is 60.8 Å². The van der Waals surface area contributed by atoms with Crippen LogP contribution in [0.25, 0.3) is 0 Å². The summed E-state index contributed by atoms with van der Waals surface area (Å²) >= 11 is 0. The second kappa shape index (κ2) is 4.82. The molecular formula is C13H27FO. The molecule has 0 atom stereocenters. The zero-order valence-electron chi connectivity index (χ0n) is 9.81. The van der Waals surface area contributed by atoms with Gasteiger partial charge in [-0.15, -0.1) is 0 Å². The zero-order valence-corrected chi connectivity index (χ0v) is 9.81. The molecule has 0 aromatic rings. The molecule has 0 aliphatic heterocycles. The first kappa shape index (κ1) is 14.9. The van der Waals surface area contributed by atoms with Gasteiger partial charge in [0.1, 0.15) is 5.67 Å². The predicted octanol–water partition coefficient (Wildman–Crippen LogP) is 3.95. The molecular weight excluding hydrogens is 191 g/mol. The average molecular weight is 218 g/mol. The van der Waals surface area contributed by atoms with Crippen LogP contribution in [0.4, 0.5) is 4.39 Å². The van der Waals surface area contributed by atoms with Crippen molar-refractivity contribution in [3.8, 4) is 0 Å². The van der Waals surface area contributed by atoms with Crippen LogP contribution < -0.4 is 0 Å². The maximum absolute atomic E-state index is 12.5. The Labute approximate surface area is 94.1 Å². The minimum absolute atomic E-state index is 0. The average Bonchev–Trinajstić information content (AvgIpc) is 2.58. The van der Waals surface area contributed by atoms with E-state index in [2.05, 4.69) is 13.8 Å². The van der Waals surface area contributed by atoms with Gasteiger partial charge in [-0.3, -0.25) is 0 Å². The normalized spacial score (nSPS) is 38.6. The Balaban J connectivity index is 0.000000253. The highest BCUT2D eigenvalue weighted by Gasteiger charge is 2.48. The van der Waals surface area contributed by atoms with Gasteiger partial charge >= 0.3 is 0 Å². The summed E-state index contributed by atoms with van der Waals surface area (Å²) < 4.78 is 12.5. The minimum atomic E-state index is -1.09. The predicted molar refractivity (Wildman–Crippen MR) is 63.7 cm³/mol. The first-order chi connectivity index (χ1) is 6.22. The topological polar surface area (TPSA) is 20.2 Å². The summed E-state index contributed by atoms with van der Waals surface area (Å²) in [5, 5.41) is 9.01. The summed E-state index contributed by atoms with van der Waals surface area (Å²) in [5.74, 6) is 2.06. The van der Waals surface area contributed by atoms with Crippen molar-refractivity contribution in [1.29, 1.82) is 0 Å². The van der Waals surface area contributed by atoms with Crippen LogP contribution in [0.2, 0.25) is 0 Å². The van der Waals surface area contributed by atoms with Gasteiger partial charge in [-0.25, -0.2) is 4.39 Å². The van der Waals surface area contributed by atoms with Crippen molar-refractivity contribution in [1.82, 2.24) is 0 Å². The first-order valence-electron chi connectivity index (χ1n) is 5.63. The van der Waals surface area contributed by atoms with Gasteiger partial charge in [-0.05, 0) is 38.5 Å². The van der Waals surface area contributed by atoms with Gasteiger partial charge in [0.2, 0.25) is 0 Å². The first-order valence-corrected chi connectivity index (χ1v) is 5.63. The van der Waals surface area contributed by atoms with E-state index in [1.165, 1.54) is 19.8 Å². The van der Waals surface area contributed by atoms with Gasteiger partial charge in [0.25, 0.3) is 0 Å². The van der Waals surface area contributed by atoms with Crippen molar-refractivity contribution < 1.29 is 9.50 Å². The number of rotatable bonds is 1. The molecule has 0 radical (unpaired) electrons. The lowest BCUT2D eigenvalue weighted by Gasteiger charge is -2.43. The number of hydrogen-bond donors (Lipinski definition) is 1. The molecule has 0 aromatic carbocycles. The maximum atomic E-state index is 12.5. The van der Waals surface area contributed by atoms with E-state index in [-0.39, 0.29) is 7.43 Å². The lowest BCUT2D eigenvalue weighted by molar-refractivity contribution is -0.119. The van der Waals surface area contributed by atoms with Gasteiger partial charge in [0, 0.05) is 12.8 Å². The van der Waals surface area contributed by atoms with E-state index in [9.17, 15) is 4.39 Å². The van der Waals surface area contributed by atoms with Crippen molar-refractivity contribution in [2.75, 3.05) is 0 Å². The second-order valence-electron chi connectivity index (χ2n) is 5.85. The molecule has 2 fully saturated rings. The Morgan fingerprint density at radius 1 is 1.20 bits per heavy atom. The lowest BCUT2D eigenvalue weighted by atomic mass is 9.71. The highest BCUT2D eigenvalue weighted by Crippen LogP contribution is 2.43. The summed E-state index contributed by atoms with van der Waals surface area (Å²) in [6.45, 7) is 7.79. The fourth-order valence-electron chi connectivity index (χ4n) is 2.30. The third kappa shape index (κ3) is 5.50. The van der Waals surface area contributed by atoms with Crippen LogP contribution in [-0.4, -0.2) is 16.4 Å². The molecule has 2 aliphatic rings. The fraction of sp³-hybridized carbons (Fsp3) is 1.00. The molecule has 0 aromatic heterocycles. The van der Waals surface area contributed by atoms with Crippen molar-refractivity contribution in [2.24, 2.45) is 11.8 Å². The Morgan fingerprint density at radius 3 is 1.60 bits per heavy atom. The highest BCUT2D eigenvalue weighted by molar-refractivity contribution is 4.99. The van der Waals surface area contributed by atoms with Gasteiger partial charge in [-0.1, -0.05) is 21.3 Å². The van der Waals surface area contributed by atoms with Gasteiger partial charge < -0.3 is 5.11 Å². The van der Waals surface area contributed by atoms with Gasteiger partial charge in [0.15, 0.2) is 0 Å². The van der Waals surface area contributed by atoms with Crippen LogP contribution in [0, 0.1) is 11.8 Å². The minimum Gasteiger partial charge on any atom is -0.390 e. The molecule has 0 heterocycles. The Bertz CT molecular complexity index is 171. The lowest BCUT2D eigenvalue weighted by Crippen LogP contribution is -2.50. The van der Waals surface area contributed by atoms with E-state index < -0.39 is 11.3 Å². The monoisotopic (exact) mass is 218 g/mol. The molecule has 0 spiro atoms. The molecule has 0 bridgehead atoms. The number of halogens is 1. The third-order valence-corrected chi connectivity index (χ3v) is 3.06. The fourth-order valence-corrected chi connectivity index (χ4v) is 2.30. The van der Waals surface area contributed by atoms with Gasteiger partial charge in [-0.2, -0.15) is 0 Å². The van der Waals surface area contributed by atoms with Crippen molar-refractivity contribution >= 4 is 0 Å². The van der Waals surface area contributed by atoms with E-state index in [4.69, 9.17) is 5.11 Å². The van der Waals surface area contributed by atoms with E-state index >= 15 is 0 Å². The summed E-state index contributed by atoms with van der Waals surface area (Å²) in [5.41, 5.74) is -1.81. The second-order valence-corrected chi connectivity index (χ2v) is 5.85. The quantitative estimate of drug-likeness (QED) is 0.706. The molecule has 15 heavy (non-hydrogen) atoms. The van der Waals surface area contributed by atoms with Gasteiger partial charge in [0.05, 0.1) is 5.60 Å². The number of hydrogen-bond acceptors (Lipinski definition) is 1. The van der Waals surface area contributed by atoms with Crippen LogP contribution in [-0.2, 0) is 0 Å². The van der Waals surface area contributed by atoms with Crippen LogP contribution >= 0.6 is 0 Å². The number of alkyl halides is 1. The van der Waals surface area contributed by atoms with Crippen LogP contribution in [0.15, 0.2) is 0 Å². The molecule has 92 valence electrons. The molecule has 1 nitrogen and oxygen atoms in total. The van der Waals surface area contributed by atoms with Crippen molar-refractivity contribution in [3.63, 3.8) is 0 Å². The Morgan fingerprint density at radius 2 is 1.60 bits per heavy atom. The summed E-state index contributed by atoms with van der Waals surface area (Å²) in [4.78, 5) is 0. The standard InChI is InChI=1S/C6H11FO.C6H12.CH4/c1-5(7)3-6(2,8)4-5;1-5(2)6-3-4-6;/h8H,3-4H2,1-2H3;5-6H,3-4H2,1-2H3;1H4. The summed E-state index contributed by atoms with van der Waals surface area (Å²) in [6, 6.07) is 0. The Kier molecular flexibility index (Phi) is 4.78. The molecule has 2 aliphatic carbocycles. The largest absolute Gasteiger partial charge is 0.390 e. The van der Waals surface area contributed by atoms with E-state index in [1.807, 2.05) is 0 Å². The third-order valence-electron chi connectivity index (χ3n) is 3.06. The maximum Gasteiger partial charge on any atom is 0.113 e. The van der Waals surface area contributed by atoms with E-state index in [1.54, 1.807) is 6.92 Å². The SMILES string of the molecule is C.CC(C)C1CC1.CC1(O)CC(C)(F)C1. The molecule has 0 unspecified atom stereocenters.